The fourth-order valence-electron chi connectivity index (χ4n) is 3.75. The highest BCUT2D eigenvalue weighted by Crippen LogP contribution is 2.33. The maximum atomic E-state index is 13.2. The molecule has 154 valence electrons. The number of nitro benzene ring substituents is 1. The van der Waals surface area contributed by atoms with Crippen LogP contribution in [0.15, 0.2) is 48.5 Å². The normalized spacial score (nSPS) is 13.9. The van der Waals surface area contributed by atoms with Crippen LogP contribution in [0.25, 0.3) is 0 Å². The summed E-state index contributed by atoms with van der Waals surface area (Å²) in [6.07, 6.45) is 0.867. The summed E-state index contributed by atoms with van der Waals surface area (Å²) in [5.41, 5.74) is 2.41. The van der Waals surface area contributed by atoms with Crippen LogP contribution >= 0.6 is 0 Å². The summed E-state index contributed by atoms with van der Waals surface area (Å²) in [6, 6.07) is 13.8. The van der Waals surface area contributed by atoms with E-state index in [-0.39, 0.29) is 11.6 Å². The van der Waals surface area contributed by atoms with Crippen molar-refractivity contribution in [1.82, 2.24) is 4.90 Å². The number of rotatable bonds is 7. The van der Waals surface area contributed by atoms with E-state index in [1.54, 1.807) is 4.90 Å². The summed E-state index contributed by atoms with van der Waals surface area (Å²) < 4.78 is 0. The van der Waals surface area contributed by atoms with Gasteiger partial charge in [-0.25, -0.2) is 0 Å². The molecule has 29 heavy (non-hydrogen) atoms. The Hall–Kier alpha value is -2.93. The minimum absolute atomic E-state index is 0.0135. The first-order valence-corrected chi connectivity index (χ1v) is 10.2. The van der Waals surface area contributed by atoms with E-state index in [0.29, 0.717) is 12.1 Å². The Balaban J connectivity index is 1.84. The van der Waals surface area contributed by atoms with Crippen molar-refractivity contribution in [2.75, 3.05) is 49.1 Å². The molecule has 0 N–H and O–H groups in total. The van der Waals surface area contributed by atoms with Gasteiger partial charge in [-0.15, -0.1) is 0 Å². The molecule has 1 amide bonds. The van der Waals surface area contributed by atoms with Crippen molar-refractivity contribution < 1.29 is 9.72 Å². The van der Waals surface area contributed by atoms with Crippen molar-refractivity contribution in [2.24, 2.45) is 0 Å². The van der Waals surface area contributed by atoms with Gasteiger partial charge in [0, 0.05) is 43.9 Å². The molecule has 0 unspecified atom stereocenters. The van der Waals surface area contributed by atoms with Crippen LogP contribution in [0, 0.1) is 10.1 Å². The first-order valence-electron chi connectivity index (χ1n) is 10.2. The molecule has 0 fully saturated rings. The summed E-state index contributed by atoms with van der Waals surface area (Å²) in [4.78, 5) is 30.2. The van der Waals surface area contributed by atoms with Crippen molar-refractivity contribution in [2.45, 2.75) is 20.3 Å². The summed E-state index contributed by atoms with van der Waals surface area (Å²) in [5.74, 6) is -0.127. The molecule has 0 bridgehead atoms. The maximum absolute atomic E-state index is 13.2. The minimum Gasteiger partial charge on any atom is -0.368 e. The number of benzene rings is 2. The average Bonchev–Trinajstić information content (AvgIpc) is 2.94. The second-order valence-corrected chi connectivity index (χ2v) is 7.12. The molecule has 7 heteroatoms. The van der Waals surface area contributed by atoms with Crippen LogP contribution in [-0.4, -0.2) is 55.0 Å². The Morgan fingerprint density at radius 1 is 1.03 bits per heavy atom. The van der Waals surface area contributed by atoms with Gasteiger partial charge in [0.2, 0.25) is 0 Å². The molecular weight excluding hydrogens is 368 g/mol. The molecule has 7 nitrogen and oxygen atoms in total. The number of carbonyl (C=O) groups is 1. The Labute approximate surface area is 171 Å². The highest BCUT2D eigenvalue weighted by atomic mass is 16.6. The van der Waals surface area contributed by atoms with Gasteiger partial charge in [0.05, 0.1) is 16.3 Å². The number of non-ortho nitro benzene ring substituents is 1. The molecule has 1 aliphatic heterocycles. The van der Waals surface area contributed by atoms with Gasteiger partial charge in [0.15, 0.2) is 0 Å². The molecule has 3 rings (SSSR count). The van der Waals surface area contributed by atoms with E-state index in [4.69, 9.17) is 0 Å². The van der Waals surface area contributed by atoms with Gasteiger partial charge in [0.25, 0.3) is 11.6 Å². The summed E-state index contributed by atoms with van der Waals surface area (Å²) in [5, 5.41) is 10.9. The number of nitrogens with zero attached hydrogens (tertiary/aromatic N) is 4. The third-order valence-corrected chi connectivity index (χ3v) is 5.47. The van der Waals surface area contributed by atoms with Crippen molar-refractivity contribution in [3.8, 4) is 0 Å². The zero-order valence-corrected chi connectivity index (χ0v) is 17.1. The summed E-state index contributed by atoms with van der Waals surface area (Å²) in [6.45, 7) is 9.80. The lowest BCUT2D eigenvalue weighted by atomic mass is 10.1. The van der Waals surface area contributed by atoms with Gasteiger partial charge in [0.1, 0.15) is 0 Å². The van der Waals surface area contributed by atoms with E-state index in [2.05, 4.69) is 29.7 Å². The first kappa shape index (κ1) is 20.8. The number of nitro groups is 1. The number of hydrogen-bond donors (Lipinski definition) is 0. The standard InChI is InChI=1S/C22H28N4O3/c1-3-23(4-2)16-17-24-14-7-15-25(21-9-6-5-8-20(21)24)22(27)18-10-12-19(13-11-18)26(28)29/h5-6,8-13H,3-4,7,14-17H2,1-2H3. The van der Waals surface area contributed by atoms with Gasteiger partial charge >= 0.3 is 0 Å². The van der Waals surface area contributed by atoms with Crippen LogP contribution in [0.3, 0.4) is 0 Å². The zero-order chi connectivity index (χ0) is 20.8. The molecule has 0 aliphatic carbocycles. The molecule has 0 aromatic heterocycles. The number of hydrogen-bond acceptors (Lipinski definition) is 5. The number of amides is 1. The molecule has 1 aliphatic rings. The quantitative estimate of drug-likeness (QED) is 0.526. The zero-order valence-electron chi connectivity index (χ0n) is 17.1. The Kier molecular flexibility index (Phi) is 6.82. The SMILES string of the molecule is CCN(CC)CCN1CCCN(C(=O)c2ccc([N+](=O)[O-])cc2)c2ccccc21. The predicted octanol–water partition coefficient (Wildman–Crippen LogP) is 3.79. The van der Waals surface area contributed by atoms with Gasteiger partial charge in [-0.05, 0) is 43.8 Å². The van der Waals surface area contributed by atoms with E-state index in [1.165, 1.54) is 24.3 Å². The molecule has 0 saturated carbocycles. The molecule has 2 aromatic carbocycles. The number of fused-ring (bicyclic) bond motifs is 1. The fourth-order valence-corrected chi connectivity index (χ4v) is 3.75. The lowest BCUT2D eigenvalue weighted by Crippen LogP contribution is -2.35. The van der Waals surface area contributed by atoms with Gasteiger partial charge in [-0.2, -0.15) is 0 Å². The van der Waals surface area contributed by atoms with Crippen LogP contribution < -0.4 is 9.80 Å². The van der Waals surface area contributed by atoms with E-state index in [9.17, 15) is 14.9 Å². The third kappa shape index (κ3) is 4.74. The predicted molar refractivity (Wildman–Crippen MR) is 116 cm³/mol. The molecule has 1 heterocycles. The molecule has 0 spiro atoms. The lowest BCUT2D eigenvalue weighted by molar-refractivity contribution is -0.384. The first-order chi connectivity index (χ1) is 14.0. The fraction of sp³-hybridized carbons (Fsp3) is 0.409. The van der Waals surface area contributed by atoms with Gasteiger partial charge < -0.3 is 14.7 Å². The highest BCUT2D eigenvalue weighted by molar-refractivity contribution is 6.08. The summed E-state index contributed by atoms with van der Waals surface area (Å²) >= 11 is 0. The monoisotopic (exact) mass is 396 g/mol. The van der Waals surface area contributed by atoms with E-state index < -0.39 is 4.92 Å². The van der Waals surface area contributed by atoms with Crippen LogP contribution in [-0.2, 0) is 0 Å². The number of carbonyl (C=O) groups excluding carboxylic acids is 1. The summed E-state index contributed by atoms with van der Waals surface area (Å²) in [7, 11) is 0. The highest BCUT2D eigenvalue weighted by Gasteiger charge is 2.25. The van der Waals surface area contributed by atoms with Crippen molar-refractivity contribution >= 4 is 23.0 Å². The van der Waals surface area contributed by atoms with Gasteiger partial charge in [-0.3, -0.25) is 14.9 Å². The second kappa shape index (κ2) is 9.52. The van der Waals surface area contributed by atoms with Crippen LogP contribution in [0.4, 0.5) is 17.1 Å². The van der Waals surface area contributed by atoms with Crippen LogP contribution in [0.5, 0.6) is 0 Å². The Bertz CT molecular complexity index is 849. The molecule has 0 radical (unpaired) electrons. The Morgan fingerprint density at radius 2 is 1.69 bits per heavy atom. The maximum Gasteiger partial charge on any atom is 0.269 e. The number of para-hydroxylation sites is 2. The van der Waals surface area contributed by atoms with Gasteiger partial charge in [-0.1, -0.05) is 26.0 Å². The Morgan fingerprint density at radius 3 is 2.31 bits per heavy atom. The average molecular weight is 396 g/mol. The van der Waals surface area contributed by atoms with E-state index in [0.717, 1.165) is 50.5 Å². The smallest absolute Gasteiger partial charge is 0.269 e. The minimum atomic E-state index is -0.455. The van der Waals surface area contributed by atoms with Crippen LogP contribution in [0.1, 0.15) is 30.6 Å². The number of likely N-dealkylation sites (N-methyl/N-ethyl adjacent to an activating group) is 1. The van der Waals surface area contributed by atoms with Crippen LogP contribution in [0.2, 0.25) is 0 Å². The molecular formula is C22H28N4O3. The second-order valence-electron chi connectivity index (χ2n) is 7.12. The number of anilines is 2. The van der Waals surface area contributed by atoms with Crippen molar-refractivity contribution in [1.29, 1.82) is 0 Å². The van der Waals surface area contributed by atoms with Crippen molar-refractivity contribution in [3.05, 3.63) is 64.2 Å². The molecule has 0 atom stereocenters. The third-order valence-electron chi connectivity index (χ3n) is 5.47. The molecule has 0 saturated heterocycles. The lowest BCUT2D eigenvalue weighted by Gasteiger charge is -2.29. The van der Waals surface area contributed by atoms with Crippen molar-refractivity contribution in [3.63, 3.8) is 0 Å². The van der Waals surface area contributed by atoms with E-state index in [1.807, 2.05) is 18.2 Å². The van der Waals surface area contributed by atoms with E-state index >= 15 is 0 Å². The topological polar surface area (TPSA) is 69.9 Å². The molecule has 2 aromatic rings. The largest absolute Gasteiger partial charge is 0.368 e.